The Kier molecular flexibility index (Phi) is 5.79. The molecule has 0 fully saturated rings. The fourth-order valence-electron chi connectivity index (χ4n) is 1.92. The number of nitrogens with one attached hydrogen (secondary N) is 2. The van der Waals surface area contributed by atoms with Gasteiger partial charge in [0.1, 0.15) is 5.75 Å². The van der Waals surface area contributed by atoms with Crippen molar-refractivity contribution in [3.05, 3.63) is 58.6 Å². The van der Waals surface area contributed by atoms with Gasteiger partial charge in [0.15, 0.2) is 0 Å². The predicted molar refractivity (Wildman–Crippen MR) is 87.2 cm³/mol. The number of methoxy groups -OCH3 is 1. The number of ether oxygens (including phenoxy) is 1. The number of carbonyl (C=O) groups excluding carboxylic acids is 1. The SMILES string of the molecule is COc1ccc(Cl)cc1C(=O)NNS(=O)(=O)c1ccc(C(F)(F)F)cc1. The van der Waals surface area contributed by atoms with Gasteiger partial charge in [-0.1, -0.05) is 11.6 Å². The van der Waals surface area contributed by atoms with Gasteiger partial charge in [0, 0.05) is 5.02 Å². The van der Waals surface area contributed by atoms with Gasteiger partial charge < -0.3 is 4.74 Å². The van der Waals surface area contributed by atoms with E-state index in [1.807, 2.05) is 5.43 Å². The third-order valence-electron chi connectivity index (χ3n) is 3.20. The molecule has 0 saturated heterocycles. The van der Waals surface area contributed by atoms with E-state index in [-0.39, 0.29) is 16.3 Å². The van der Waals surface area contributed by atoms with Gasteiger partial charge in [-0.2, -0.15) is 13.2 Å². The van der Waals surface area contributed by atoms with Crippen LogP contribution in [0, 0.1) is 0 Å². The number of hydrazine groups is 1. The van der Waals surface area contributed by atoms with Gasteiger partial charge in [-0.25, -0.2) is 8.42 Å². The molecule has 0 unspecified atom stereocenters. The molecule has 0 saturated carbocycles. The number of amides is 1. The van der Waals surface area contributed by atoms with Crippen LogP contribution in [0.3, 0.4) is 0 Å². The molecule has 2 N–H and O–H groups in total. The molecule has 140 valence electrons. The zero-order chi connectivity index (χ0) is 19.5. The molecular weight excluding hydrogens is 397 g/mol. The summed E-state index contributed by atoms with van der Waals surface area (Å²) < 4.78 is 66.7. The molecule has 0 aromatic heterocycles. The molecule has 6 nitrogen and oxygen atoms in total. The zero-order valence-corrected chi connectivity index (χ0v) is 14.7. The molecule has 2 rings (SSSR count). The van der Waals surface area contributed by atoms with Crippen LogP contribution >= 0.6 is 11.6 Å². The van der Waals surface area contributed by atoms with Crippen molar-refractivity contribution in [2.75, 3.05) is 7.11 Å². The monoisotopic (exact) mass is 408 g/mol. The number of alkyl halides is 3. The lowest BCUT2D eigenvalue weighted by Crippen LogP contribution is -2.41. The van der Waals surface area contributed by atoms with Crippen LogP contribution in [0.2, 0.25) is 5.02 Å². The number of sulfonamides is 1. The van der Waals surface area contributed by atoms with Gasteiger partial charge in [-0.15, -0.1) is 4.83 Å². The van der Waals surface area contributed by atoms with Crippen LogP contribution in [0.5, 0.6) is 5.75 Å². The van der Waals surface area contributed by atoms with Crippen molar-refractivity contribution in [2.24, 2.45) is 0 Å². The Morgan fingerprint density at radius 1 is 1.12 bits per heavy atom. The first-order chi connectivity index (χ1) is 12.0. The fraction of sp³-hybridized carbons (Fsp3) is 0.133. The minimum Gasteiger partial charge on any atom is -0.496 e. The molecule has 2 aromatic carbocycles. The second-order valence-electron chi connectivity index (χ2n) is 4.93. The first kappa shape index (κ1) is 20.0. The smallest absolute Gasteiger partial charge is 0.416 e. The summed E-state index contributed by atoms with van der Waals surface area (Å²) in [6, 6.07) is 6.95. The van der Waals surface area contributed by atoms with E-state index < -0.39 is 32.6 Å². The second kappa shape index (κ2) is 7.52. The number of benzene rings is 2. The van der Waals surface area contributed by atoms with Gasteiger partial charge in [0.25, 0.3) is 15.9 Å². The van der Waals surface area contributed by atoms with Crippen molar-refractivity contribution in [1.29, 1.82) is 0 Å². The molecule has 0 bridgehead atoms. The molecule has 26 heavy (non-hydrogen) atoms. The Bertz CT molecular complexity index is 915. The average molecular weight is 409 g/mol. The summed E-state index contributed by atoms with van der Waals surface area (Å²) in [7, 11) is -2.97. The third-order valence-corrected chi connectivity index (χ3v) is 4.70. The van der Waals surface area contributed by atoms with Crippen LogP contribution in [-0.2, 0) is 16.2 Å². The lowest BCUT2D eigenvalue weighted by molar-refractivity contribution is -0.137. The van der Waals surface area contributed by atoms with Crippen molar-refractivity contribution in [2.45, 2.75) is 11.1 Å². The van der Waals surface area contributed by atoms with E-state index in [1.165, 1.54) is 25.3 Å². The molecule has 0 radical (unpaired) electrons. The second-order valence-corrected chi connectivity index (χ2v) is 7.05. The van der Waals surface area contributed by atoms with Crippen molar-refractivity contribution in [3.63, 3.8) is 0 Å². The Hall–Kier alpha value is -2.30. The molecule has 1 amide bonds. The van der Waals surface area contributed by atoms with E-state index >= 15 is 0 Å². The molecule has 0 spiro atoms. The van der Waals surface area contributed by atoms with Gasteiger partial charge in [0.2, 0.25) is 0 Å². The summed E-state index contributed by atoms with van der Waals surface area (Å²) >= 11 is 5.79. The van der Waals surface area contributed by atoms with Crippen molar-refractivity contribution >= 4 is 27.5 Å². The van der Waals surface area contributed by atoms with E-state index in [4.69, 9.17) is 16.3 Å². The summed E-state index contributed by atoms with van der Waals surface area (Å²) in [4.78, 5) is 13.5. The molecule has 0 aliphatic rings. The predicted octanol–water partition coefficient (Wildman–Crippen LogP) is 2.99. The molecule has 11 heteroatoms. The highest BCUT2D eigenvalue weighted by molar-refractivity contribution is 7.89. The van der Waals surface area contributed by atoms with Gasteiger partial charge >= 0.3 is 6.18 Å². The van der Waals surface area contributed by atoms with E-state index in [9.17, 15) is 26.4 Å². The maximum Gasteiger partial charge on any atom is 0.416 e. The highest BCUT2D eigenvalue weighted by Gasteiger charge is 2.30. The van der Waals surface area contributed by atoms with E-state index in [1.54, 1.807) is 4.83 Å². The molecule has 2 aromatic rings. The Labute approximate surface area is 151 Å². The van der Waals surface area contributed by atoms with Crippen LogP contribution in [-0.4, -0.2) is 21.4 Å². The van der Waals surface area contributed by atoms with Crippen LogP contribution in [0.1, 0.15) is 15.9 Å². The van der Waals surface area contributed by atoms with Crippen molar-refractivity contribution in [3.8, 4) is 5.75 Å². The zero-order valence-electron chi connectivity index (χ0n) is 13.1. The average Bonchev–Trinajstić information content (AvgIpc) is 2.59. The number of carbonyl (C=O) groups is 1. The van der Waals surface area contributed by atoms with Crippen LogP contribution in [0.15, 0.2) is 47.4 Å². The first-order valence-corrected chi connectivity index (χ1v) is 8.73. The Balaban J connectivity index is 2.15. The van der Waals surface area contributed by atoms with E-state index in [0.717, 1.165) is 12.1 Å². The molecule has 0 aliphatic heterocycles. The van der Waals surface area contributed by atoms with Crippen LogP contribution in [0.4, 0.5) is 13.2 Å². The summed E-state index contributed by atoms with van der Waals surface area (Å²) in [5, 5.41) is 0.224. The lowest BCUT2D eigenvalue weighted by Gasteiger charge is -2.12. The fourth-order valence-corrected chi connectivity index (χ4v) is 2.93. The van der Waals surface area contributed by atoms with E-state index in [2.05, 4.69) is 0 Å². The number of hydrogen-bond acceptors (Lipinski definition) is 4. The maximum atomic E-state index is 12.5. The molecule has 0 atom stereocenters. The summed E-state index contributed by atoms with van der Waals surface area (Å²) in [5.74, 6) is -0.708. The standard InChI is InChI=1S/C15H12ClF3N2O4S/c1-25-13-7-4-10(16)8-12(13)14(22)20-21-26(23,24)11-5-2-9(3-6-11)15(17,18)19/h2-8,21H,1H3,(H,20,22). The van der Waals surface area contributed by atoms with E-state index in [0.29, 0.717) is 12.1 Å². The molecule has 0 aliphatic carbocycles. The Morgan fingerprint density at radius 3 is 2.27 bits per heavy atom. The minimum atomic E-state index is -4.59. The largest absolute Gasteiger partial charge is 0.496 e. The summed E-state index contributed by atoms with van der Waals surface area (Å²) in [6.45, 7) is 0. The summed E-state index contributed by atoms with van der Waals surface area (Å²) in [6.07, 6.45) is -4.59. The maximum absolute atomic E-state index is 12.5. The highest BCUT2D eigenvalue weighted by Crippen LogP contribution is 2.29. The minimum absolute atomic E-state index is 0.0323. The van der Waals surface area contributed by atoms with Gasteiger partial charge in [-0.05, 0) is 42.5 Å². The van der Waals surface area contributed by atoms with Gasteiger partial charge in [0.05, 0.1) is 23.1 Å². The third kappa shape index (κ3) is 4.65. The quantitative estimate of drug-likeness (QED) is 0.745. The lowest BCUT2D eigenvalue weighted by atomic mass is 10.2. The highest BCUT2D eigenvalue weighted by atomic mass is 35.5. The van der Waals surface area contributed by atoms with Crippen LogP contribution in [0.25, 0.3) is 0 Å². The molecular formula is C15H12ClF3N2O4S. The van der Waals surface area contributed by atoms with Gasteiger partial charge in [-0.3, -0.25) is 10.2 Å². The number of hydrogen-bond donors (Lipinski definition) is 2. The topological polar surface area (TPSA) is 84.5 Å². The normalized spacial score (nSPS) is 11.9. The van der Waals surface area contributed by atoms with Crippen molar-refractivity contribution in [1.82, 2.24) is 10.3 Å². The number of halogens is 4. The van der Waals surface area contributed by atoms with Crippen LogP contribution < -0.4 is 15.0 Å². The Morgan fingerprint density at radius 2 is 1.73 bits per heavy atom. The number of rotatable bonds is 5. The first-order valence-electron chi connectivity index (χ1n) is 6.87. The summed E-state index contributed by atoms with van der Waals surface area (Å²) in [5.41, 5.74) is 0.918. The molecule has 0 heterocycles. The van der Waals surface area contributed by atoms with Crippen molar-refractivity contribution < 1.29 is 31.1 Å².